The summed E-state index contributed by atoms with van der Waals surface area (Å²) >= 11 is 0. The van der Waals surface area contributed by atoms with Crippen LogP contribution in [0.2, 0.25) is 0 Å². The molecule has 6 heteroatoms. The third-order valence-corrected chi connectivity index (χ3v) is 5.31. The first kappa shape index (κ1) is 21.0. The zero-order valence-electron chi connectivity index (χ0n) is 17.7. The molecule has 1 aromatic carbocycles. The molecule has 0 spiro atoms. The summed E-state index contributed by atoms with van der Waals surface area (Å²) in [5.41, 5.74) is 2.26. The van der Waals surface area contributed by atoms with Crippen LogP contribution >= 0.6 is 0 Å². The quantitative estimate of drug-likeness (QED) is 0.862. The highest BCUT2D eigenvalue weighted by Crippen LogP contribution is 2.22. The number of carbonyl (C=O) groups is 2. The summed E-state index contributed by atoms with van der Waals surface area (Å²) in [6, 6.07) is 8.10. The normalized spacial score (nSPS) is 15.2. The van der Waals surface area contributed by atoms with Crippen molar-refractivity contribution in [3.8, 4) is 11.4 Å². The van der Waals surface area contributed by atoms with E-state index in [1.807, 2.05) is 43.9 Å². The van der Waals surface area contributed by atoms with Crippen LogP contribution in [0, 0.1) is 5.41 Å². The number of likely N-dealkylation sites (tertiary alicyclic amines) is 1. The zero-order valence-corrected chi connectivity index (χ0v) is 17.7. The molecule has 1 aromatic heterocycles. The van der Waals surface area contributed by atoms with Gasteiger partial charge < -0.3 is 10.2 Å². The molecule has 0 unspecified atom stereocenters. The molecule has 1 aliphatic rings. The summed E-state index contributed by atoms with van der Waals surface area (Å²) in [6.07, 6.45) is 5.59. The van der Waals surface area contributed by atoms with Crippen molar-refractivity contribution >= 4 is 11.8 Å². The van der Waals surface area contributed by atoms with E-state index in [-0.39, 0.29) is 23.3 Å². The van der Waals surface area contributed by atoms with E-state index in [4.69, 9.17) is 0 Å². The molecule has 3 rings (SSSR count). The number of hydrogen-bond acceptors (Lipinski definition) is 4. The lowest BCUT2D eigenvalue weighted by Gasteiger charge is -2.36. The number of rotatable bonds is 4. The first-order chi connectivity index (χ1) is 13.8. The molecule has 0 atom stereocenters. The molecule has 0 radical (unpaired) electrons. The van der Waals surface area contributed by atoms with E-state index in [0.29, 0.717) is 24.5 Å². The van der Waals surface area contributed by atoms with Crippen molar-refractivity contribution in [2.24, 2.45) is 5.41 Å². The van der Waals surface area contributed by atoms with Crippen molar-refractivity contribution in [3.05, 3.63) is 47.8 Å². The van der Waals surface area contributed by atoms with Crippen LogP contribution in [0.4, 0.5) is 0 Å². The van der Waals surface area contributed by atoms with Crippen molar-refractivity contribution in [2.75, 3.05) is 13.1 Å². The molecule has 2 heterocycles. The van der Waals surface area contributed by atoms with Gasteiger partial charge in [-0.3, -0.25) is 9.59 Å². The fraction of sp³-hybridized carbons (Fsp3) is 0.478. The smallest absolute Gasteiger partial charge is 0.254 e. The number of hydrogen-bond donors (Lipinski definition) is 1. The van der Waals surface area contributed by atoms with E-state index >= 15 is 0 Å². The molecule has 6 nitrogen and oxygen atoms in total. The molecule has 1 saturated heterocycles. The van der Waals surface area contributed by atoms with Crippen LogP contribution in [0.5, 0.6) is 0 Å². The Morgan fingerprint density at radius 2 is 1.72 bits per heavy atom. The number of carbonyl (C=O) groups excluding carboxylic acids is 2. The van der Waals surface area contributed by atoms with E-state index in [9.17, 15) is 9.59 Å². The second kappa shape index (κ2) is 8.72. The summed E-state index contributed by atoms with van der Waals surface area (Å²) in [5.74, 6) is 0.632. The average Bonchev–Trinajstić information content (AvgIpc) is 2.73. The molecule has 1 fully saturated rings. The lowest BCUT2D eigenvalue weighted by atomic mass is 9.93. The van der Waals surface area contributed by atoms with Crippen LogP contribution in [-0.4, -0.2) is 45.8 Å². The van der Waals surface area contributed by atoms with Gasteiger partial charge in [0.25, 0.3) is 5.91 Å². The van der Waals surface area contributed by atoms with E-state index in [2.05, 4.69) is 28.3 Å². The topological polar surface area (TPSA) is 75.2 Å². The van der Waals surface area contributed by atoms with Crippen LogP contribution in [0.15, 0.2) is 36.7 Å². The van der Waals surface area contributed by atoms with Gasteiger partial charge in [-0.25, -0.2) is 9.97 Å². The third-order valence-electron chi connectivity index (χ3n) is 5.31. The highest BCUT2D eigenvalue weighted by Gasteiger charge is 2.30. The van der Waals surface area contributed by atoms with Gasteiger partial charge in [-0.2, -0.15) is 0 Å². The van der Waals surface area contributed by atoms with Crippen LogP contribution in [0.3, 0.4) is 0 Å². The molecule has 1 N–H and O–H groups in total. The number of nitrogens with zero attached hydrogens (tertiary/aromatic N) is 3. The predicted octanol–water partition coefficient (Wildman–Crippen LogP) is 3.47. The predicted molar refractivity (Wildman–Crippen MR) is 113 cm³/mol. The third kappa shape index (κ3) is 5.00. The molecule has 0 aliphatic carbocycles. The fourth-order valence-corrected chi connectivity index (χ4v) is 3.60. The SMILES string of the molecule is CCc1ccccc1-c1ncc(C(=O)NC2CCN(C(=O)C(C)(C)C)CC2)cn1. The summed E-state index contributed by atoms with van der Waals surface area (Å²) in [7, 11) is 0. The van der Waals surface area contributed by atoms with Gasteiger partial charge in [-0.05, 0) is 24.8 Å². The van der Waals surface area contributed by atoms with E-state index in [1.165, 1.54) is 5.56 Å². The van der Waals surface area contributed by atoms with Gasteiger partial charge in [-0.1, -0.05) is 52.0 Å². The van der Waals surface area contributed by atoms with Crippen molar-refractivity contribution in [3.63, 3.8) is 0 Å². The van der Waals surface area contributed by atoms with Gasteiger partial charge in [0.05, 0.1) is 5.56 Å². The maximum absolute atomic E-state index is 12.6. The highest BCUT2D eigenvalue weighted by molar-refractivity contribution is 5.94. The summed E-state index contributed by atoms with van der Waals surface area (Å²) in [5, 5.41) is 3.06. The Labute approximate surface area is 172 Å². The summed E-state index contributed by atoms with van der Waals surface area (Å²) in [4.78, 5) is 35.7. The van der Waals surface area contributed by atoms with Crippen molar-refractivity contribution in [1.29, 1.82) is 0 Å². The van der Waals surface area contributed by atoms with Gasteiger partial charge in [0.2, 0.25) is 5.91 Å². The molecule has 1 aliphatic heterocycles. The van der Waals surface area contributed by atoms with Crippen molar-refractivity contribution in [1.82, 2.24) is 20.2 Å². The van der Waals surface area contributed by atoms with Gasteiger partial charge in [0.1, 0.15) is 0 Å². The Balaban J connectivity index is 1.59. The minimum atomic E-state index is -0.369. The van der Waals surface area contributed by atoms with Crippen LogP contribution in [0.1, 0.15) is 56.5 Å². The van der Waals surface area contributed by atoms with Gasteiger partial charge >= 0.3 is 0 Å². The number of aromatic nitrogens is 2. The van der Waals surface area contributed by atoms with Crippen LogP contribution < -0.4 is 5.32 Å². The largest absolute Gasteiger partial charge is 0.349 e. The molecule has 0 saturated carbocycles. The van der Waals surface area contributed by atoms with E-state index in [1.54, 1.807) is 12.4 Å². The summed E-state index contributed by atoms with van der Waals surface area (Å²) < 4.78 is 0. The number of nitrogens with one attached hydrogen (secondary N) is 1. The monoisotopic (exact) mass is 394 g/mol. The molecule has 29 heavy (non-hydrogen) atoms. The Morgan fingerprint density at radius 1 is 1.10 bits per heavy atom. The lowest BCUT2D eigenvalue weighted by molar-refractivity contribution is -0.140. The maximum Gasteiger partial charge on any atom is 0.254 e. The minimum Gasteiger partial charge on any atom is -0.349 e. The fourth-order valence-electron chi connectivity index (χ4n) is 3.60. The Bertz CT molecular complexity index is 863. The number of benzene rings is 1. The maximum atomic E-state index is 12.6. The van der Waals surface area contributed by atoms with E-state index in [0.717, 1.165) is 24.8 Å². The number of piperidine rings is 1. The molecule has 2 amide bonds. The lowest BCUT2D eigenvalue weighted by Crippen LogP contribution is -2.49. The van der Waals surface area contributed by atoms with Gasteiger partial charge in [0, 0.05) is 42.5 Å². The molecule has 154 valence electrons. The summed E-state index contributed by atoms with van der Waals surface area (Å²) in [6.45, 7) is 9.25. The Kier molecular flexibility index (Phi) is 6.30. The van der Waals surface area contributed by atoms with Crippen molar-refractivity contribution in [2.45, 2.75) is 53.0 Å². The first-order valence-corrected chi connectivity index (χ1v) is 10.3. The Morgan fingerprint density at radius 3 is 2.31 bits per heavy atom. The molecule has 2 aromatic rings. The first-order valence-electron chi connectivity index (χ1n) is 10.3. The molecular weight excluding hydrogens is 364 g/mol. The van der Waals surface area contributed by atoms with Crippen LogP contribution in [-0.2, 0) is 11.2 Å². The molecular formula is C23H30N4O2. The van der Waals surface area contributed by atoms with Gasteiger partial charge in [0.15, 0.2) is 5.82 Å². The number of amides is 2. The van der Waals surface area contributed by atoms with Gasteiger partial charge in [-0.15, -0.1) is 0 Å². The average molecular weight is 395 g/mol. The zero-order chi connectivity index (χ0) is 21.0. The van der Waals surface area contributed by atoms with E-state index < -0.39 is 0 Å². The second-order valence-corrected chi connectivity index (χ2v) is 8.60. The second-order valence-electron chi connectivity index (χ2n) is 8.60. The highest BCUT2D eigenvalue weighted by atomic mass is 16.2. The standard InChI is InChI=1S/C23H30N4O2/c1-5-16-8-6-7-9-19(16)20-24-14-17(15-25-20)21(28)26-18-10-12-27(13-11-18)22(29)23(2,3)4/h6-9,14-15,18H,5,10-13H2,1-4H3,(H,26,28). The van der Waals surface area contributed by atoms with Crippen molar-refractivity contribution < 1.29 is 9.59 Å². The number of aryl methyl sites for hydroxylation is 1. The minimum absolute atomic E-state index is 0.0620. The molecule has 0 bridgehead atoms. The van der Waals surface area contributed by atoms with Crippen LogP contribution in [0.25, 0.3) is 11.4 Å². The Hall–Kier alpha value is -2.76.